The van der Waals surface area contributed by atoms with Crippen molar-refractivity contribution in [3.05, 3.63) is 45.6 Å². The van der Waals surface area contributed by atoms with Crippen LogP contribution >= 0.6 is 11.3 Å². The maximum atomic E-state index is 12.5. The van der Waals surface area contributed by atoms with E-state index in [0.29, 0.717) is 11.5 Å². The summed E-state index contributed by atoms with van der Waals surface area (Å²) in [5.74, 6) is 0.733. The van der Waals surface area contributed by atoms with Crippen LogP contribution in [0.15, 0.2) is 34.7 Å². The Hall–Kier alpha value is -2.87. The Balaban J connectivity index is 1.59. The molecule has 0 saturated heterocycles. The van der Waals surface area contributed by atoms with Crippen molar-refractivity contribution in [2.24, 2.45) is 11.0 Å². The number of thiophene rings is 1. The Labute approximate surface area is 167 Å². The first kappa shape index (κ1) is 19.9. The second kappa shape index (κ2) is 8.88. The number of fused-ring (bicyclic) bond motifs is 1. The highest BCUT2D eigenvalue weighted by molar-refractivity contribution is 7.10. The second-order valence-corrected chi connectivity index (χ2v) is 7.87. The fraction of sp³-hybridized carbons (Fsp3) is 0.350. The van der Waals surface area contributed by atoms with Crippen LogP contribution in [0.25, 0.3) is 0 Å². The second-order valence-electron chi connectivity index (χ2n) is 6.84. The molecule has 1 aromatic heterocycles. The van der Waals surface area contributed by atoms with Crippen LogP contribution in [0.2, 0.25) is 0 Å². The van der Waals surface area contributed by atoms with E-state index in [9.17, 15) is 9.59 Å². The van der Waals surface area contributed by atoms with Crippen LogP contribution in [0, 0.1) is 12.8 Å². The molecule has 2 amide bonds. The molecule has 0 spiro atoms. The zero-order valence-electron chi connectivity index (χ0n) is 16.0. The van der Waals surface area contributed by atoms with E-state index in [1.54, 1.807) is 6.21 Å². The van der Waals surface area contributed by atoms with Crippen LogP contribution in [-0.4, -0.2) is 30.9 Å². The monoisotopic (exact) mass is 401 g/mol. The van der Waals surface area contributed by atoms with Gasteiger partial charge in [0.15, 0.2) is 11.5 Å². The summed E-state index contributed by atoms with van der Waals surface area (Å²) in [6, 6.07) is 6.81. The largest absolute Gasteiger partial charge is 0.454 e. The summed E-state index contributed by atoms with van der Waals surface area (Å²) >= 11 is 1.51. The van der Waals surface area contributed by atoms with Gasteiger partial charge in [0.05, 0.1) is 12.6 Å². The maximum absolute atomic E-state index is 12.5. The standard InChI is InChI=1S/C20H23N3O4S/c1-12(2)19(22-18(24)9-15-5-4-6-28-15)20(25)23-21-10-14-8-17-16(7-13(14)3)26-11-27-17/h4-8,10,12,19H,9,11H2,1-3H3,(H,22,24)(H,23,25)/b21-10-. The molecule has 1 atom stereocenters. The number of hydrogen-bond acceptors (Lipinski definition) is 6. The van der Waals surface area contributed by atoms with Gasteiger partial charge in [0.25, 0.3) is 5.91 Å². The van der Waals surface area contributed by atoms with Gasteiger partial charge >= 0.3 is 0 Å². The van der Waals surface area contributed by atoms with Gasteiger partial charge in [-0.1, -0.05) is 19.9 Å². The summed E-state index contributed by atoms with van der Waals surface area (Å²) < 4.78 is 10.7. The zero-order valence-corrected chi connectivity index (χ0v) is 16.8. The zero-order chi connectivity index (χ0) is 20.1. The van der Waals surface area contributed by atoms with Crippen molar-refractivity contribution in [1.82, 2.24) is 10.7 Å². The summed E-state index contributed by atoms with van der Waals surface area (Å²) in [6.07, 6.45) is 1.81. The molecule has 2 heterocycles. The molecule has 0 bridgehead atoms. The smallest absolute Gasteiger partial charge is 0.262 e. The van der Waals surface area contributed by atoms with Crippen molar-refractivity contribution in [1.29, 1.82) is 0 Å². The van der Waals surface area contributed by atoms with Gasteiger partial charge in [0.2, 0.25) is 12.7 Å². The number of rotatable bonds is 7. The van der Waals surface area contributed by atoms with E-state index in [0.717, 1.165) is 16.0 Å². The van der Waals surface area contributed by atoms with Gasteiger partial charge in [-0.05, 0) is 42.0 Å². The highest BCUT2D eigenvalue weighted by Gasteiger charge is 2.24. The number of carbonyl (C=O) groups excluding carboxylic acids is 2. The van der Waals surface area contributed by atoms with Crippen molar-refractivity contribution in [2.45, 2.75) is 33.2 Å². The molecule has 28 heavy (non-hydrogen) atoms. The Morgan fingerprint density at radius 2 is 2.04 bits per heavy atom. The van der Waals surface area contributed by atoms with Crippen LogP contribution < -0.4 is 20.2 Å². The molecule has 1 aliphatic heterocycles. The number of hydrazone groups is 1. The molecule has 0 fully saturated rings. The molecule has 1 aromatic carbocycles. The first-order valence-electron chi connectivity index (χ1n) is 8.99. The first-order chi connectivity index (χ1) is 13.4. The Morgan fingerprint density at radius 1 is 1.29 bits per heavy atom. The number of aryl methyl sites for hydroxylation is 1. The minimum absolute atomic E-state index is 0.0743. The number of hydrogen-bond donors (Lipinski definition) is 2. The number of amides is 2. The summed E-state index contributed by atoms with van der Waals surface area (Å²) in [5.41, 5.74) is 4.28. The van der Waals surface area contributed by atoms with Gasteiger partial charge in [-0.2, -0.15) is 5.10 Å². The average molecular weight is 401 g/mol. The van der Waals surface area contributed by atoms with Gasteiger partial charge in [0.1, 0.15) is 6.04 Å². The molecule has 148 valence electrons. The van der Waals surface area contributed by atoms with Gasteiger partial charge in [-0.15, -0.1) is 11.3 Å². The molecule has 3 rings (SSSR count). The van der Waals surface area contributed by atoms with E-state index < -0.39 is 6.04 Å². The van der Waals surface area contributed by atoms with Crippen molar-refractivity contribution < 1.29 is 19.1 Å². The van der Waals surface area contributed by atoms with Crippen LogP contribution in [-0.2, 0) is 16.0 Å². The van der Waals surface area contributed by atoms with E-state index in [4.69, 9.17) is 9.47 Å². The maximum Gasteiger partial charge on any atom is 0.262 e. The van der Waals surface area contributed by atoms with Crippen molar-refractivity contribution in [2.75, 3.05) is 6.79 Å². The summed E-state index contributed by atoms with van der Waals surface area (Å²) in [4.78, 5) is 25.7. The molecule has 0 aliphatic carbocycles. The van der Waals surface area contributed by atoms with E-state index in [2.05, 4.69) is 15.8 Å². The number of nitrogens with one attached hydrogen (secondary N) is 2. The lowest BCUT2D eigenvalue weighted by molar-refractivity contribution is -0.129. The molecule has 0 radical (unpaired) electrons. The summed E-state index contributed by atoms with van der Waals surface area (Å²) in [6.45, 7) is 5.88. The van der Waals surface area contributed by atoms with Crippen LogP contribution in [0.5, 0.6) is 11.5 Å². The van der Waals surface area contributed by atoms with Gasteiger partial charge in [-0.3, -0.25) is 9.59 Å². The third-order valence-electron chi connectivity index (χ3n) is 4.32. The Morgan fingerprint density at radius 3 is 2.71 bits per heavy atom. The Kier molecular flexibility index (Phi) is 6.30. The number of benzene rings is 1. The first-order valence-corrected chi connectivity index (χ1v) is 9.87. The molecule has 2 aromatic rings. The molecule has 8 heteroatoms. The molecule has 1 unspecified atom stereocenters. The average Bonchev–Trinajstić information content (AvgIpc) is 3.30. The number of nitrogens with zero attached hydrogens (tertiary/aromatic N) is 1. The predicted molar refractivity (Wildman–Crippen MR) is 108 cm³/mol. The SMILES string of the molecule is Cc1cc2c(cc1/C=N\NC(=O)C(NC(=O)Cc1cccs1)C(C)C)OCO2. The van der Waals surface area contributed by atoms with E-state index in [-0.39, 0.29) is 30.9 Å². The lowest BCUT2D eigenvalue weighted by Crippen LogP contribution is -2.49. The van der Waals surface area contributed by atoms with Gasteiger partial charge in [-0.25, -0.2) is 5.43 Å². The van der Waals surface area contributed by atoms with Crippen molar-refractivity contribution in [3.8, 4) is 11.5 Å². The Bertz CT molecular complexity index is 878. The van der Waals surface area contributed by atoms with Crippen LogP contribution in [0.4, 0.5) is 0 Å². The normalized spacial score (nSPS) is 13.7. The van der Waals surface area contributed by atoms with Crippen LogP contribution in [0.1, 0.15) is 29.9 Å². The number of carbonyl (C=O) groups is 2. The fourth-order valence-electron chi connectivity index (χ4n) is 2.76. The lowest BCUT2D eigenvalue weighted by Gasteiger charge is -2.20. The lowest BCUT2D eigenvalue weighted by atomic mass is 10.0. The molecule has 0 saturated carbocycles. The third kappa shape index (κ3) is 4.89. The summed E-state index contributed by atoms with van der Waals surface area (Å²) in [7, 11) is 0. The molecule has 2 N–H and O–H groups in total. The highest BCUT2D eigenvalue weighted by atomic mass is 32.1. The van der Waals surface area contributed by atoms with Crippen molar-refractivity contribution in [3.63, 3.8) is 0 Å². The van der Waals surface area contributed by atoms with Gasteiger partial charge < -0.3 is 14.8 Å². The number of ether oxygens (including phenoxy) is 2. The minimum atomic E-state index is -0.664. The predicted octanol–water partition coefficient (Wildman–Crippen LogP) is 2.62. The fourth-order valence-corrected chi connectivity index (χ4v) is 3.47. The van der Waals surface area contributed by atoms with Crippen molar-refractivity contribution >= 4 is 29.4 Å². The minimum Gasteiger partial charge on any atom is -0.454 e. The van der Waals surface area contributed by atoms with Gasteiger partial charge in [0, 0.05) is 10.4 Å². The molecule has 1 aliphatic rings. The van der Waals surface area contributed by atoms with E-state index in [1.165, 1.54) is 11.3 Å². The molecule has 7 nitrogen and oxygen atoms in total. The van der Waals surface area contributed by atoms with Crippen LogP contribution in [0.3, 0.4) is 0 Å². The molecular weight excluding hydrogens is 378 g/mol. The van der Waals surface area contributed by atoms with E-state index >= 15 is 0 Å². The summed E-state index contributed by atoms with van der Waals surface area (Å²) in [5, 5.41) is 8.76. The topological polar surface area (TPSA) is 89.0 Å². The highest BCUT2D eigenvalue weighted by Crippen LogP contribution is 2.34. The molecular formula is C20H23N3O4S. The van der Waals surface area contributed by atoms with E-state index in [1.807, 2.05) is 50.4 Å². The quantitative estimate of drug-likeness (QED) is 0.551. The third-order valence-corrected chi connectivity index (χ3v) is 5.20.